The van der Waals surface area contributed by atoms with Crippen LogP contribution >= 0.6 is 11.6 Å². The number of nitrogens with one attached hydrogen (secondary N) is 3. The number of nitrogens with zero attached hydrogens (tertiary/aromatic N) is 2. The smallest absolute Gasteiger partial charge is 0.258 e. The maximum atomic E-state index is 13.0. The van der Waals surface area contributed by atoms with Gasteiger partial charge >= 0.3 is 0 Å². The van der Waals surface area contributed by atoms with Crippen molar-refractivity contribution < 1.29 is 9.59 Å². The zero-order chi connectivity index (χ0) is 22.3. The fourth-order valence-corrected chi connectivity index (χ4v) is 4.71. The molecule has 2 aliphatic heterocycles. The van der Waals surface area contributed by atoms with Gasteiger partial charge in [-0.1, -0.05) is 31.5 Å². The van der Waals surface area contributed by atoms with Crippen molar-refractivity contribution in [1.82, 2.24) is 9.97 Å². The van der Waals surface area contributed by atoms with Crippen LogP contribution in [-0.4, -0.2) is 34.9 Å². The summed E-state index contributed by atoms with van der Waals surface area (Å²) in [5.74, 6) is -0.204. The van der Waals surface area contributed by atoms with E-state index >= 15 is 0 Å². The molecule has 9 heteroatoms. The van der Waals surface area contributed by atoms with E-state index in [-0.39, 0.29) is 23.7 Å². The van der Waals surface area contributed by atoms with Gasteiger partial charge in [0.25, 0.3) is 5.56 Å². The van der Waals surface area contributed by atoms with Gasteiger partial charge in [-0.15, -0.1) is 0 Å². The first kappa shape index (κ1) is 21.4. The number of halogens is 1. The van der Waals surface area contributed by atoms with Crippen molar-refractivity contribution in [3.8, 4) is 0 Å². The van der Waals surface area contributed by atoms with E-state index in [0.29, 0.717) is 34.1 Å². The number of fused-ring (bicyclic) bond motifs is 1. The highest BCUT2D eigenvalue weighted by Gasteiger charge is 2.36. The Balaban J connectivity index is 1.66. The first-order valence-corrected chi connectivity index (χ1v) is 10.9. The van der Waals surface area contributed by atoms with E-state index in [1.54, 1.807) is 25.1 Å². The van der Waals surface area contributed by atoms with E-state index in [4.69, 9.17) is 11.6 Å². The normalized spacial score (nSPS) is 23.2. The summed E-state index contributed by atoms with van der Waals surface area (Å²) in [5.41, 5.74) is 1.03. The van der Waals surface area contributed by atoms with E-state index < -0.39 is 17.4 Å². The third kappa shape index (κ3) is 4.30. The molecule has 3 heterocycles. The van der Waals surface area contributed by atoms with Crippen molar-refractivity contribution in [2.24, 2.45) is 11.8 Å². The lowest BCUT2D eigenvalue weighted by Crippen LogP contribution is -2.42. The maximum absolute atomic E-state index is 13.0. The number of piperidine rings is 1. The second-order valence-electron chi connectivity index (χ2n) is 8.71. The predicted molar refractivity (Wildman–Crippen MR) is 121 cm³/mol. The van der Waals surface area contributed by atoms with Gasteiger partial charge in [-0.3, -0.25) is 19.4 Å². The number of benzene rings is 1. The summed E-state index contributed by atoms with van der Waals surface area (Å²) in [6, 6.07) is 5.19. The molecule has 2 aromatic rings. The molecule has 1 aromatic carbocycles. The number of rotatable bonds is 3. The van der Waals surface area contributed by atoms with Crippen LogP contribution in [0.4, 0.5) is 17.5 Å². The fraction of sp³-hybridized carbons (Fsp3) is 0.455. The van der Waals surface area contributed by atoms with Gasteiger partial charge in [0.1, 0.15) is 5.82 Å². The molecule has 0 saturated carbocycles. The Morgan fingerprint density at radius 2 is 1.94 bits per heavy atom. The van der Waals surface area contributed by atoms with Crippen molar-refractivity contribution in [3.05, 3.63) is 44.7 Å². The molecule has 4 rings (SSSR count). The van der Waals surface area contributed by atoms with Crippen LogP contribution in [0.15, 0.2) is 23.0 Å². The Labute approximate surface area is 185 Å². The van der Waals surface area contributed by atoms with E-state index in [9.17, 15) is 14.4 Å². The Morgan fingerprint density at radius 3 is 2.65 bits per heavy atom. The molecule has 1 saturated heterocycles. The minimum Gasteiger partial charge on any atom is -0.342 e. The van der Waals surface area contributed by atoms with Crippen molar-refractivity contribution in [2.45, 2.75) is 39.5 Å². The number of carbonyl (C=O) groups excluding carboxylic acids is 2. The van der Waals surface area contributed by atoms with Crippen LogP contribution in [0.5, 0.6) is 0 Å². The Morgan fingerprint density at radius 1 is 1.23 bits per heavy atom. The fourth-order valence-electron chi connectivity index (χ4n) is 4.53. The minimum absolute atomic E-state index is 0.125. The molecule has 2 amide bonds. The molecule has 1 aromatic heterocycles. The van der Waals surface area contributed by atoms with Crippen LogP contribution in [0.1, 0.15) is 43.7 Å². The second-order valence-corrected chi connectivity index (χ2v) is 9.12. The van der Waals surface area contributed by atoms with Gasteiger partial charge in [0.05, 0.1) is 11.5 Å². The van der Waals surface area contributed by atoms with E-state index in [1.807, 2.05) is 4.90 Å². The van der Waals surface area contributed by atoms with Gasteiger partial charge in [0, 0.05) is 30.2 Å². The van der Waals surface area contributed by atoms with Crippen LogP contribution in [-0.2, 0) is 9.59 Å². The van der Waals surface area contributed by atoms with Gasteiger partial charge in [-0.25, -0.2) is 0 Å². The molecule has 0 aliphatic carbocycles. The van der Waals surface area contributed by atoms with Gasteiger partial charge in [-0.05, 0) is 42.9 Å². The van der Waals surface area contributed by atoms with E-state index in [1.165, 1.54) is 0 Å². The number of hydrogen-bond acceptors (Lipinski definition) is 5. The molecule has 0 spiro atoms. The van der Waals surface area contributed by atoms with Crippen LogP contribution in [0, 0.1) is 18.8 Å². The number of anilines is 3. The van der Waals surface area contributed by atoms with E-state index in [2.05, 4.69) is 34.4 Å². The SMILES string of the molecule is Cc1c(Cl)cccc1NC(=O)[C@@H]1CC(=O)Nc2nc(N3C[C@H](C)C[C@@H](C)C3)[nH]c(=O)c21. The lowest BCUT2D eigenvalue weighted by atomic mass is 9.91. The summed E-state index contributed by atoms with van der Waals surface area (Å²) in [4.78, 5) is 47.8. The monoisotopic (exact) mass is 443 g/mol. The second kappa shape index (κ2) is 8.34. The number of aromatic nitrogens is 2. The molecule has 1 fully saturated rings. The molecule has 164 valence electrons. The molecule has 3 atom stereocenters. The summed E-state index contributed by atoms with van der Waals surface area (Å²) in [7, 11) is 0. The number of carbonyl (C=O) groups is 2. The highest BCUT2D eigenvalue weighted by Crippen LogP contribution is 2.32. The average Bonchev–Trinajstić information content (AvgIpc) is 2.69. The van der Waals surface area contributed by atoms with Crippen molar-refractivity contribution in [3.63, 3.8) is 0 Å². The molecule has 3 N–H and O–H groups in total. The molecule has 0 radical (unpaired) electrons. The highest BCUT2D eigenvalue weighted by atomic mass is 35.5. The molecular formula is C22H26ClN5O3. The van der Waals surface area contributed by atoms with Crippen LogP contribution in [0.25, 0.3) is 0 Å². The topological polar surface area (TPSA) is 107 Å². The summed E-state index contributed by atoms with van der Waals surface area (Å²) in [6.07, 6.45) is 0.994. The number of aromatic amines is 1. The van der Waals surface area contributed by atoms with Crippen LogP contribution < -0.4 is 21.1 Å². The van der Waals surface area contributed by atoms with Gasteiger partial charge in [-0.2, -0.15) is 4.98 Å². The molecule has 2 aliphatic rings. The zero-order valence-corrected chi connectivity index (χ0v) is 18.5. The Hall–Kier alpha value is -2.87. The highest BCUT2D eigenvalue weighted by molar-refractivity contribution is 6.31. The predicted octanol–water partition coefficient (Wildman–Crippen LogP) is 3.28. The maximum Gasteiger partial charge on any atom is 0.258 e. The molecule has 0 unspecified atom stereocenters. The third-order valence-electron chi connectivity index (χ3n) is 5.95. The number of hydrogen-bond donors (Lipinski definition) is 3. The van der Waals surface area contributed by atoms with Gasteiger partial charge < -0.3 is 15.5 Å². The van der Waals surface area contributed by atoms with Gasteiger partial charge in [0.15, 0.2) is 0 Å². The molecular weight excluding hydrogens is 418 g/mol. The minimum atomic E-state index is -0.938. The Bertz CT molecular complexity index is 1090. The largest absolute Gasteiger partial charge is 0.342 e. The van der Waals surface area contributed by atoms with Crippen molar-refractivity contribution >= 4 is 40.9 Å². The summed E-state index contributed by atoms with van der Waals surface area (Å²) < 4.78 is 0. The van der Waals surface area contributed by atoms with Crippen molar-refractivity contribution in [1.29, 1.82) is 0 Å². The standard InChI is InChI=1S/C22H26ClN5O3/c1-11-7-12(2)10-28(9-11)22-26-19-18(21(31)27-22)14(8-17(29)25-19)20(30)24-16-6-4-5-15(23)13(16)3/h4-6,11-12,14H,7-10H2,1-3H3,(H,24,30)(H2,25,26,27,29,31)/t11-,12-,14-/m1/s1. The average molecular weight is 444 g/mol. The first-order chi connectivity index (χ1) is 14.7. The third-order valence-corrected chi connectivity index (χ3v) is 6.36. The quantitative estimate of drug-likeness (QED) is 0.674. The molecule has 8 nitrogen and oxygen atoms in total. The number of amides is 2. The van der Waals surface area contributed by atoms with E-state index in [0.717, 1.165) is 19.5 Å². The Kier molecular flexibility index (Phi) is 5.75. The van der Waals surface area contributed by atoms with Crippen LogP contribution in [0.2, 0.25) is 5.02 Å². The van der Waals surface area contributed by atoms with Gasteiger partial charge in [0.2, 0.25) is 17.8 Å². The lowest BCUT2D eigenvalue weighted by molar-refractivity contribution is -0.123. The first-order valence-electron chi connectivity index (χ1n) is 10.5. The zero-order valence-electron chi connectivity index (χ0n) is 17.8. The number of H-pyrrole nitrogens is 1. The van der Waals surface area contributed by atoms with Crippen LogP contribution in [0.3, 0.4) is 0 Å². The lowest BCUT2D eigenvalue weighted by Gasteiger charge is -2.35. The molecule has 0 bridgehead atoms. The molecule has 31 heavy (non-hydrogen) atoms. The summed E-state index contributed by atoms with van der Waals surface area (Å²) in [5, 5.41) is 6.00. The van der Waals surface area contributed by atoms with Crippen molar-refractivity contribution in [2.75, 3.05) is 28.6 Å². The summed E-state index contributed by atoms with van der Waals surface area (Å²) >= 11 is 6.14. The summed E-state index contributed by atoms with van der Waals surface area (Å²) in [6.45, 7) is 7.68.